The predicted molar refractivity (Wildman–Crippen MR) is 69.9 cm³/mol. The molecule has 0 unspecified atom stereocenters. The van der Waals surface area contributed by atoms with Crippen molar-refractivity contribution in [3.8, 4) is 0 Å². The number of thioether (sulfide) groups is 1. The molecule has 1 atom stereocenters. The molecule has 6 heteroatoms. The van der Waals surface area contributed by atoms with Gasteiger partial charge < -0.3 is 5.73 Å². The van der Waals surface area contributed by atoms with Crippen LogP contribution in [-0.4, -0.2) is 5.51 Å². The Hall–Kier alpha value is -0.390. The third-order valence-electron chi connectivity index (χ3n) is 2.83. The van der Waals surface area contributed by atoms with Gasteiger partial charge in [-0.05, 0) is 41.8 Å². The average molecular weight is 298 g/mol. The Morgan fingerprint density at radius 3 is 2.22 bits per heavy atom. The molecule has 1 aromatic carbocycles. The molecule has 0 radical (unpaired) electrons. The number of benzene rings is 1. The standard InChI is InChI=1S/C12H14F3NS.ClH/c13-12(14,15)17-10-5-3-9(4-6-10)11(16)7-8-1-2-8;/h3-6,8,11H,1-2,7,16H2;1H/t11-;/m1./s1. The average Bonchev–Trinajstić information content (AvgIpc) is 3.00. The molecular weight excluding hydrogens is 283 g/mol. The summed E-state index contributed by atoms with van der Waals surface area (Å²) in [6.07, 6.45) is 3.40. The van der Waals surface area contributed by atoms with Crippen molar-refractivity contribution in [2.45, 2.75) is 35.7 Å². The van der Waals surface area contributed by atoms with Crippen LogP contribution in [0.1, 0.15) is 30.9 Å². The summed E-state index contributed by atoms with van der Waals surface area (Å²) in [5.41, 5.74) is 2.68. The number of hydrogen-bond donors (Lipinski definition) is 1. The van der Waals surface area contributed by atoms with E-state index in [-0.39, 0.29) is 35.1 Å². The van der Waals surface area contributed by atoms with Crippen LogP contribution in [-0.2, 0) is 0 Å². The fourth-order valence-electron chi connectivity index (χ4n) is 1.77. The summed E-state index contributed by atoms with van der Waals surface area (Å²) < 4.78 is 36.4. The topological polar surface area (TPSA) is 26.0 Å². The van der Waals surface area contributed by atoms with Crippen LogP contribution < -0.4 is 5.73 Å². The van der Waals surface area contributed by atoms with Crippen LogP contribution in [0, 0.1) is 5.92 Å². The highest BCUT2D eigenvalue weighted by Gasteiger charge is 2.29. The van der Waals surface area contributed by atoms with Gasteiger partial charge in [-0.15, -0.1) is 12.4 Å². The Balaban J connectivity index is 0.00000162. The van der Waals surface area contributed by atoms with Crippen LogP contribution in [0.4, 0.5) is 13.2 Å². The zero-order valence-corrected chi connectivity index (χ0v) is 11.2. The van der Waals surface area contributed by atoms with Crippen LogP contribution >= 0.6 is 24.2 Å². The molecule has 1 nitrogen and oxygen atoms in total. The molecule has 2 rings (SSSR count). The summed E-state index contributed by atoms with van der Waals surface area (Å²) in [7, 11) is 0. The van der Waals surface area contributed by atoms with Crippen molar-refractivity contribution in [1.82, 2.24) is 0 Å². The van der Waals surface area contributed by atoms with Crippen molar-refractivity contribution in [2.75, 3.05) is 0 Å². The van der Waals surface area contributed by atoms with Crippen molar-refractivity contribution in [3.05, 3.63) is 29.8 Å². The lowest BCUT2D eigenvalue weighted by atomic mass is 10.0. The number of halogens is 4. The summed E-state index contributed by atoms with van der Waals surface area (Å²) in [6.45, 7) is 0. The van der Waals surface area contributed by atoms with Crippen molar-refractivity contribution in [1.29, 1.82) is 0 Å². The monoisotopic (exact) mass is 297 g/mol. The first-order chi connectivity index (χ1) is 7.94. The Kier molecular flexibility index (Phi) is 5.37. The zero-order valence-electron chi connectivity index (χ0n) is 9.61. The molecule has 0 aliphatic heterocycles. The summed E-state index contributed by atoms with van der Waals surface area (Å²) in [5.74, 6) is 0.717. The molecule has 2 N–H and O–H groups in total. The van der Waals surface area contributed by atoms with Crippen molar-refractivity contribution in [2.24, 2.45) is 11.7 Å². The molecular formula is C12H15ClF3NS. The lowest BCUT2D eigenvalue weighted by Crippen LogP contribution is -2.10. The molecule has 1 aliphatic carbocycles. The van der Waals surface area contributed by atoms with Crippen LogP contribution in [0.3, 0.4) is 0 Å². The third kappa shape index (κ3) is 5.08. The number of nitrogens with two attached hydrogens (primary N) is 1. The van der Waals surface area contributed by atoms with E-state index in [2.05, 4.69) is 0 Å². The van der Waals surface area contributed by atoms with E-state index in [4.69, 9.17) is 5.73 Å². The first kappa shape index (κ1) is 15.7. The van der Waals surface area contributed by atoms with Gasteiger partial charge in [-0.2, -0.15) is 13.2 Å². The Morgan fingerprint density at radius 2 is 1.78 bits per heavy atom. The molecule has 1 aromatic rings. The Labute approximate surface area is 115 Å². The highest BCUT2D eigenvalue weighted by Crippen LogP contribution is 2.39. The molecule has 0 spiro atoms. The van der Waals surface area contributed by atoms with E-state index in [0.29, 0.717) is 5.92 Å². The molecule has 0 amide bonds. The number of rotatable bonds is 4. The minimum Gasteiger partial charge on any atom is -0.324 e. The van der Waals surface area contributed by atoms with Gasteiger partial charge in [0.15, 0.2) is 0 Å². The van der Waals surface area contributed by atoms with Gasteiger partial charge in [0.1, 0.15) is 0 Å². The van der Waals surface area contributed by atoms with Crippen molar-refractivity contribution >= 4 is 24.2 Å². The number of alkyl halides is 3. The van der Waals surface area contributed by atoms with E-state index < -0.39 is 5.51 Å². The highest BCUT2D eigenvalue weighted by molar-refractivity contribution is 8.00. The normalized spacial score (nSPS) is 17.1. The second-order valence-electron chi connectivity index (χ2n) is 4.40. The van der Waals surface area contributed by atoms with Gasteiger partial charge in [0.05, 0.1) is 0 Å². The molecule has 1 fully saturated rings. The molecule has 0 bridgehead atoms. The molecule has 1 saturated carbocycles. The molecule has 0 heterocycles. The minimum absolute atomic E-state index is 0. The minimum atomic E-state index is -4.22. The van der Waals surface area contributed by atoms with Crippen LogP contribution in [0.15, 0.2) is 29.2 Å². The maximum absolute atomic E-state index is 12.1. The van der Waals surface area contributed by atoms with Gasteiger partial charge in [-0.3, -0.25) is 0 Å². The fraction of sp³-hybridized carbons (Fsp3) is 0.500. The smallest absolute Gasteiger partial charge is 0.324 e. The first-order valence-electron chi connectivity index (χ1n) is 5.55. The van der Waals surface area contributed by atoms with Gasteiger partial charge in [0.25, 0.3) is 0 Å². The van der Waals surface area contributed by atoms with E-state index in [1.54, 1.807) is 12.1 Å². The highest BCUT2D eigenvalue weighted by atomic mass is 35.5. The van der Waals surface area contributed by atoms with Crippen molar-refractivity contribution in [3.63, 3.8) is 0 Å². The first-order valence-corrected chi connectivity index (χ1v) is 6.37. The van der Waals surface area contributed by atoms with Crippen molar-refractivity contribution < 1.29 is 13.2 Å². The van der Waals surface area contributed by atoms with E-state index in [0.717, 1.165) is 12.0 Å². The third-order valence-corrected chi connectivity index (χ3v) is 3.57. The SMILES string of the molecule is Cl.N[C@H](CC1CC1)c1ccc(SC(F)(F)F)cc1. The maximum Gasteiger partial charge on any atom is 0.446 e. The van der Waals surface area contributed by atoms with Gasteiger partial charge >= 0.3 is 5.51 Å². The van der Waals surface area contributed by atoms with E-state index >= 15 is 0 Å². The summed E-state index contributed by atoms with van der Waals surface area (Å²) in [6, 6.07) is 6.32. The predicted octanol–water partition coefficient (Wildman–Crippen LogP) is 4.52. The van der Waals surface area contributed by atoms with E-state index in [1.807, 2.05) is 0 Å². The van der Waals surface area contributed by atoms with E-state index in [9.17, 15) is 13.2 Å². The van der Waals surface area contributed by atoms with Crippen LogP contribution in [0.25, 0.3) is 0 Å². The van der Waals surface area contributed by atoms with E-state index in [1.165, 1.54) is 25.0 Å². The lowest BCUT2D eigenvalue weighted by Gasteiger charge is -2.12. The Bertz CT molecular complexity index is 376. The van der Waals surface area contributed by atoms with Crippen LogP contribution in [0.5, 0.6) is 0 Å². The second-order valence-corrected chi connectivity index (χ2v) is 5.54. The second kappa shape index (κ2) is 6.17. The lowest BCUT2D eigenvalue weighted by molar-refractivity contribution is -0.0328. The molecule has 18 heavy (non-hydrogen) atoms. The Morgan fingerprint density at radius 1 is 1.22 bits per heavy atom. The summed E-state index contributed by atoms with van der Waals surface area (Å²) in [4.78, 5) is 0.208. The quantitative estimate of drug-likeness (QED) is 0.827. The van der Waals surface area contributed by atoms with Crippen LogP contribution in [0.2, 0.25) is 0 Å². The largest absolute Gasteiger partial charge is 0.446 e. The van der Waals surface area contributed by atoms with Gasteiger partial charge in [-0.25, -0.2) is 0 Å². The number of hydrogen-bond acceptors (Lipinski definition) is 2. The van der Waals surface area contributed by atoms with Gasteiger partial charge in [-0.1, -0.05) is 25.0 Å². The zero-order chi connectivity index (χ0) is 12.5. The molecule has 0 saturated heterocycles. The maximum atomic E-state index is 12.1. The van der Waals surface area contributed by atoms with Gasteiger partial charge in [0.2, 0.25) is 0 Å². The summed E-state index contributed by atoms with van der Waals surface area (Å²) >= 11 is -0.0934. The fourth-order valence-corrected chi connectivity index (χ4v) is 2.30. The molecule has 102 valence electrons. The summed E-state index contributed by atoms with van der Waals surface area (Å²) in [5, 5.41) is 0. The van der Waals surface area contributed by atoms with Gasteiger partial charge in [0, 0.05) is 10.9 Å². The molecule has 0 aromatic heterocycles. The molecule has 1 aliphatic rings.